The molecule has 0 fully saturated rings. The van der Waals surface area contributed by atoms with E-state index >= 15 is 0 Å². The van der Waals surface area contributed by atoms with Gasteiger partial charge >= 0.3 is 0 Å². The summed E-state index contributed by atoms with van der Waals surface area (Å²) < 4.78 is 7.18. The van der Waals surface area contributed by atoms with Gasteiger partial charge in [-0.3, -0.25) is 4.79 Å². The van der Waals surface area contributed by atoms with Crippen LogP contribution in [0.2, 0.25) is 10.0 Å². The van der Waals surface area contributed by atoms with Crippen LogP contribution in [0.3, 0.4) is 0 Å². The minimum Gasteiger partial charge on any atom is -0.440 e. The van der Waals surface area contributed by atoms with E-state index < -0.39 is 5.92 Å². The number of aryl methyl sites for hydroxylation is 1. The van der Waals surface area contributed by atoms with Crippen LogP contribution >= 0.6 is 23.2 Å². The number of pyridine rings is 1. The summed E-state index contributed by atoms with van der Waals surface area (Å²) in [5.41, 5.74) is 7.55. The zero-order chi connectivity index (χ0) is 18.3. The number of ether oxygens (including phenoxy) is 1. The molecule has 0 saturated carbocycles. The van der Waals surface area contributed by atoms with Crippen molar-refractivity contribution in [3.05, 3.63) is 72.9 Å². The Kier molecular flexibility index (Phi) is 4.51. The van der Waals surface area contributed by atoms with E-state index in [0.29, 0.717) is 33.5 Å². The summed E-state index contributed by atoms with van der Waals surface area (Å²) in [4.78, 5) is 13.0. The topological polar surface area (TPSA) is 81.0 Å². The second kappa shape index (κ2) is 6.47. The zero-order valence-electron chi connectivity index (χ0n) is 13.6. The van der Waals surface area contributed by atoms with E-state index in [1.54, 1.807) is 28.8 Å². The molecule has 128 valence electrons. The van der Waals surface area contributed by atoms with Crippen LogP contribution in [0, 0.1) is 18.3 Å². The van der Waals surface area contributed by atoms with Crippen molar-refractivity contribution in [2.24, 2.45) is 5.73 Å². The Hall–Kier alpha value is -2.42. The van der Waals surface area contributed by atoms with E-state index in [0.717, 1.165) is 5.69 Å². The number of benzene rings is 1. The van der Waals surface area contributed by atoms with Crippen molar-refractivity contribution >= 4 is 23.2 Å². The van der Waals surface area contributed by atoms with E-state index in [-0.39, 0.29) is 17.0 Å². The molecule has 1 aromatic heterocycles. The van der Waals surface area contributed by atoms with Crippen molar-refractivity contribution in [3.63, 3.8) is 0 Å². The van der Waals surface area contributed by atoms with Crippen molar-refractivity contribution < 1.29 is 4.74 Å². The lowest BCUT2D eigenvalue weighted by Crippen LogP contribution is -2.32. The number of nitrogens with two attached hydrogens (primary N) is 1. The standard InChI is InChI=1S/C18H15Cl2N3O2/c1-3-23-9(2)6-14-16(18(23)24)15(12(8-21)17(22)25-14)11-5-4-10(19)7-13(11)20/h4-7,15H,3,22H2,1-2H3/t15-/m1/s1. The lowest BCUT2D eigenvalue weighted by Gasteiger charge is -2.27. The van der Waals surface area contributed by atoms with Crippen molar-refractivity contribution in [1.29, 1.82) is 5.26 Å². The van der Waals surface area contributed by atoms with E-state index in [9.17, 15) is 10.1 Å². The quantitative estimate of drug-likeness (QED) is 0.867. The van der Waals surface area contributed by atoms with Crippen molar-refractivity contribution in [2.45, 2.75) is 26.3 Å². The highest BCUT2D eigenvalue weighted by molar-refractivity contribution is 6.35. The Morgan fingerprint density at radius 2 is 2.08 bits per heavy atom. The molecule has 25 heavy (non-hydrogen) atoms. The number of aromatic nitrogens is 1. The van der Waals surface area contributed by atoms with Gasteiger partial charge in [-0.2, -0.15) is 5.26 Å². The van der Waals surface area contributed by atoms with Gasteiger partial charge in [-0.15, -0.1) is 0 Å². The minimum atomic E-state index is -0.704. The molecule has 0 saturated heterocycles. The maximum Gasteiger partial charge on any atom is 0.258 e. The highest BCUT2D eigenvalue weighted by Crippen LogP contribution is 2.43. The molecule has 1 aromatic carbocycles. The number of allylic oxidation sites excluding steroid dienone is 1. The van der Waals surface area contributed by atoms with Gasteiger partial charge in [0.2, 0.25) is 5.88 Å². The summed E-state index contributed by atoms with van der Waals surface area (Å²) in [5.74, 6) is -0.386. The van der Waals surface area contributed by atoms with Gasteiger partial charge < -0.3 is 15.0 Å². The van der Waals surface area contributed by atoms with E-state index in [1.807, 2.05) is 13.8 Å². The number of hydrogen-bond donors (Lipinski definition) is 1. The molecule has 1 aliphatic heterocycles. The van der Waals surface area contributed by atoms with Crippen LogP contribution in [0.1, 0.15) is 29.7 Å². The SMILES string of the molecule is CCn1c(C)cc2c(c1=O)[C@H](c1ccc(Cl)cc1Cl)C(C#N)=C(N)O2. The van der Waals surface area contributed by atoms with Crippen LogP contribution in [-0.4, -0.2) is 4.57 Å². The number of fused-ring (bicyclic) bond motifs is 1. The Morgan fingerprint density at radius 3 is 2.68 bits per heavy atom. The third-order valence-corrected chi connectivity index (χ3v) is 4.84. The molecule has 0 radical (unpaired) electrons. The van der Waals surface area contributed by atoms with Gasteiger partial charge in [0.05, 0.1) is 11.5 Å². The maximum absolute atomic E-state index is 13.0. The monoisotopic (exact) mass is 375 g/mol. The van der Waals surface area contributed by atoms with Crippen LogP contribution < -0.4 is 16.0 Å². The molecule has 1 atom stereocenters. The van der Waals surface area contributed by atoms with Crippen LogP contribution in [0.25, 0.3) is 0 Å². The van der Waals surface area contributed by atoms with E-state index in [4.69, 9.17) is 33.7 Å². The fraction of sp³-hybridized carbons (Fsp3) is 0.222. The summed E-state index contributed by atoms with van der Waals surface area (Å²) in [6.45, 7) is 4.20. The number of rotatable bonds is 2. The number of hydrogen-bond acceptors (Lipinski definition) is 4. The molecule has 0 aliphatic carbocycles. The molecule has 2 heterocycles. The first-order valence-corrected chi connectivity index (χ1v) is 8.41. The van der Waals surface area contributed by atoms with Crippen LogP contribution in [-0.2, 0) is 6.54 Å². The second-order valence-corrected chi connectivity index (χ2v) is 6.55. The molecule has 2 aromatic rings. The number of halogens is 2. The van der Waals surface area contributed by atoms with Gasteiger partial charge in [-0.1, -0.05) is 29.3 Å². The van der Waals surface area contributed by atoms with Crippen molar-refractivity contribution in [3.8, 4) is 11.8 Å². The van der Waals surface area contributed by atoms with Gasteiger partial charge in [0.15, 0.2) is 0 Å². The lowest BCUT2D eigenvalue weighted by atomic mass is 9.84. The summed E-state index contributed by atoms with van der Waals surface area (Å²) >= 11 is 12.3. The molecule has 0 unspecified atom stereocenters. The Labute approximate surface area is 154 Å². The van der Waals surface area contributed by atoms with Gasteiger partial charge in [-0.25, -0.2) is 0 Å². The second-order valence-electron chi connectivity index (χ2n) is 5.70. The molecule has 0 amide bonds. The summed E-state index contributed by atoms with van der Waals surface area (Å²) in [5, 5.41) is 10.4. The van der Waals surface area contributed by atoms with E-state index in [1.165, 1.54) is 0 Å². The molecule has 3 rings (SSSR count). The summed E-state index contributed by atoms with van der Waals surface area (Å²) in [6.07, 6.45) is 0. The molecule has 1 aliphatic rings. The normalized spacial score (nSPS) is 16.2. The molecule has 5 nitrogen and oxygen atoms in total. The highest BCUT2D eigenvalue weighted by atomic mass is 35.5. The van der Waals surface area contributed by atoms with Crippen LogP contribution in [0.5, 0.6) is 5.75 Å². The zero-order valence-corrected chi connectivity index (χ0v) is 15.1. The van der Waals surface area contributed by atoms with Gasteiger partial charge in [0.25, 0.3) is 5.56 Å². The molecule has 7 heteroatoms. The smallest absolute Gasteiger partial charge is 0.258 e. The van der Waals surface area contributed by atoms with Crippen molar-refractivity contribution in [2.75, 3.05) is 0 Å². The molecular weight excluding hydrogens is 361 g/mol. The highest BCUT2D eigenvalue weighted by Gasteiger charge is 2.35. The van der Waals surface area contributed by atoms with Crippen LogP contribution in [0.4, 0.5) is 0 Å². The molecule has 0 bridgehead atoms. The predicted octanol–water partition coefficient (Wildman–Crippen LogP) is 3.70. The summed E-state index contributed by atoms with van der Waals surface area (Å²) in [6, 6.07) is 8.74. The van der Waals surface area contributed by atoms with E-state index in [2.05, 4.69) is 6.07 Å². The summed E-state index contributed by atoms with van der Waals surface area (Å²) in [7, 11) is 0. The Bertz CT molecular complexity index is 1000. The first-order chi connectivity index (χ1) is 11.9. The van der Waals surface area contributed by atoms with Gasteiger partial charge in [-0.05, 0) is 31.5 Å². The maximum atomic E-state index is 13.0. The van der Waals surface area contributed by atoms with Crippen LogP contribution in [0.15, 0.2) is 40.5 Å². The molecule has 2 N–H and O–H groups in total. The Balaban J connectivity index is 2.38. The first kappa shape index (κ1) is 17.4. The predicted molar refractivity (Wildman–Crippen MR) is 96.9 cm³/mol. The first-order valence-electron chi connectivity index (χ1n) is 7.65. The lowest BCUT2D eigenvalue weighted by molar-refractivity contribution is 0.388. The molecular formula is C18H15Cl2N3O2. The third kappa shape index (κ3) is 2.78. The average molecular weight is 376 g/mol. The number of nitrogens with zero attached hydrogens (tertiary/aromatic N) is 2. The fourth-order valence-corrected chi connectivity index (χ4v) is 3.64. The van der Waals surface area contributed by atoms with Gasteiger partial charge in [0, 0.05) is 28.4 Å². The third-order valence-electron chi connectivity index (χ3n) is 4.28. The Morgan fingerprint density at radius 1 is 1.36 bits per heavy atom. The fourth-order valence-electron chi connectivity index (χ4n) is 3.13. The van der Waals surface area contributed by atoms with Gasteiger partial charge in [0.1, 0.15) is 17.4 Å². The average Bonchev–Trinajstić information content (AvgIpc) is 2.54. The number of nitriles is 1. The largest absolute Gasteiger partial charge is 0.440 e. The minimum absolute atomic E-state index is 0.0286. The van der Waals surface area contributed by atoms with Crippen molar-refractivity contribution in [1.82, 2.24) is 4.57 Å². The molecule has 0 spiro atoms.